The van der Waals surface area contributed by atoms with E-state index < -0.39 is 0 Å². The number of rotatable bonds is 4. The summed E-state index contributed by atoms with van der Waals surface area (Å²) >= 11 is 3.48. The molecule has 0 aromatic heterocycles. The molecule has 0 unspecified atom stereocenters. The molecule has 0 radical (unpaired) electrons. The van der Waals surface area contributed by atoms with Crippen LogP contribution in [-0.2, 0) is 11.3 Å². The van der Waals surface area contributed by atoms with Gasteiger partial charge in [-0.3, -0.25) is 9.69 Å². The number of benzene rings is 1. The number of hydrogen-bond donors (Lipinski definition) is 1. The predicted octanol–water partition coefficient (Wildman–Crippen LogP) is 1.08. The van der Waals surface area contributed by atoms with Gasteiger partial charge in [-0.2, -0.15) is 0 Å². The van der Waals surface area contributed by atoms with Crippen LogP contribution < -0.4 is 0 Å². The van der Waals surface area contributed by atoms with E-state index in [-0.39, 0.29) is 12.0 Å². The highest BCUT2D eigenvalue weighted by molar-refractivity contribution is 9.10. The van der Waals surface area contributed by atoms with Crippen molar-refractivity contribution in [2.75, 3.05) is 26.7 Å². The fourth-order valence-electron chi connectivity index (χ4n) is 1.95. The Bertz CT molecular complexity index is 433. The molecule has 1 amide bonds. The van der Waals surface area contributed by atoms with Crippen molar-refractivity contribution in [3.05, 3.63) is 34.3 Å². The highest BCUT2D eigenvalue weighted by Gasteiger charge is 2.26. The summed E-state index contributed by atoms with van der Waals surface area (Å²) in [7, 11) is 1.80. The zero-order valence-corrected chi connectivity index (χ0v) is 11.9. The van der Waals surface area contributed by atoms with Crippen molar-refractivity contribution in [2.45, 2.75) is 12.6 Å². The van der Waals surface area contributed by atoms with Crippen LogP contribution in [0.5, 0.6) is 0 Å². The average Bonchev–Trinajstić information content (AvgIpc) is 2.30. The van der Waals surface area contributed by atoms with Crippen LogP contribution in [-0.4, -0.2) is 53.6 Å². The third-order valence-electron chi connectivity index (χ3n) is 3.09. The summed E-state index contributed by atoms with van der Waals surface area (Å²) in [6.45, 7) is 2.19. The van der Waals surface area contributed by atoms with Crippen molar-refractivity contribution in [3.8, 4) is 0 Å². The molecule has 1 heterocycles. The first-order chi connectivity index (χ1) is 8.56. The molecule has 0 saturated carbocycles. The molecule has 0 aliphatic carbocycles. The molecule has 1 aromatic carbocycles. The number of likely N-dealkylation sites (N-methyl/N-ethyl adjacent to an activating group) is 1. The minimum atomic E-state index is -0.258. The zero-order chi connectivity index (χ0) is 13.1. The fourth-order valence-corrected chi connectivity index (χ4v) is 2.36. The molecule has 1 saturated heterocycles. The molecule has 1 aliphatic heterocycles. The normalized spacial score (nSPS) is 16.4. The Balaban J connectivity index is 1.86. The lowest BCUT2D eigenvalue weighted by Gasteiger charge is -2.36. The number of halogens is 1. The summed E-state index contributed by atoms with van der Waals surface area (Å²) in [5, 5.41) is 9.17. The second-order valence-electron chi connectivity index (χ2n) is 4.69. The van der Waals surface area contributed by atoms with E-state index in [0.29, 0.717) is 26.2 Å². The number of hydrogen-bond acceptors (Lipinski definition) is 3. The van der Waals surface area contributed by atoms with E-state index in [1.807, 2.05) is 29.2 Å². The lowest BCUT2D eigenvalue weighted by Crippen LogP contribution is -2.54. The molecular weight excluding hydrogens is 296 g/mol. The first kappa shape index (κ1) is 13.5. The summed E-state index contributed by atoms with van der Waals surface area (Å²) in [5.41, 5.74) is 1.09. The minimum absolute atomic E-state index is 0.0812. The topological polar surface area (TPSA) is 43.8 Å². The van der Waals surface area contributed by atoms with Crippen LogP contribution in [0.15, 0.2) is 28.7 Å². The van der Waals surface area contributed by atoms with Crippen LogP contribution >= 0.6 is 15.9 Å². The summed E-state index contributed by atoms with van der Waals surface area (Å²) in [6, 6.07) is 7.89. The minimum Gasteiger partial charge on any atom is -0.390 e. The third kappa shape index (κ3) is 3.31. The molecule has 1 aromatic rings. The molecule has 5 heteroatoms. The number of aliphatic hydroxyl groups excluding tert-OH is 1. The Morgan fingerprint density at radius 1 is 1.50 bits per heavy atom. The van der Waals surface area contributed by atoms with E-state index in [0.717, 1.165) is 10.0 Å². The van der Waals surface area contributed by atoms with E-state index in [2.05, 4.69) is 15.9 Å². The first-order valence-electron chi connectivity index (χ1n) is 5.94. The highest BCUT2D eigenvalue weighted by Crippen LogP contribution is 2.17. The van der Waals surface area contributed by atoms with E-state index in [4.69, 9.17) is 5.11 Å². The Morgan fingerprint density at radius 3 is 2.78 bits per heavy atom. The molecule has 0 atom stereocenters. The number of nitrogens with zero attached hydrogens (tertiary/aromatic N) is 2. The fraction of sp³-hybridized carbons (Fsp3) is 0.462. The van der Waals surface area contributed by atoms with Gasteiger partial charge in [0.05, 0.1) is 12.6 Å². The molecular formula is C13H17BrN2O2. The maximum Gasteiger partial charge on any atom is 0.236 e. The van der Waals surface area contributed by atoms with Crippen LogP contribution in [0.25, 0.3) is 0 Å². The number of amides is 1. The molecule has 4 nitrogen and oxygen atoms in total. The average molecular weight is 313 g/mol. The smallest absolute Gasteiger partial charge is 0.236 e. The van der Waals surface area contributed by atoms with Crippen molar-refractivity contribution in [2.24, 2.45) is 0 Å². The van der Waals surface area contributed by atoms with Crippen molar-refractivity contribution in [1.82, 2.24) is 9.80 Å². The SMILES string of the molecule is CN(Cc1ccccc1Br)C(=O)CN1CC(O)C1. The summed E-state index contributed by atoms with van der Waals surface area (Å²) in [4.78, 5) is 15.6. The molecule has 1 N–H and O–H groups in total. The Hall–Kier alpha value is -0.910. The molecule has 2 rings (SSSR count). The van der Waals surface area contributed by atoms with Crippen molar-refractivity contribution < 1.29 is 9.90 Å². The largest absolute Gasteiger partial charge is 0.390 e. The van der Waals surface area contributed by atoms with Gasteiger partial charge in [-0.15, -0.1) is 0 Å². The predicted molar refractivity (Wildman–Crippen MR) is 73.1 cm³/mol. The summed E-state index contributed by atoms with van der Waals surface area (Å²) in [5.74, 6) is 0.0812. The third-order valence-corrected chi connectivity index (χ3v) is 3.86. The van der Waals surface area contributed by atoms with Gasteiger partial charge >= 0.3 is 0 Å². The molecule has 0 bridgehead atoms. The van der Waals surface area contributed by atoms with Crippen LogP contribution in [0.4, 0.5) is 0 Å². The molecule has 0 spiro atoms. The molecule has 1 aliphatic rings. The monoisotopic (exact) mass is 312 g/mol. The van der Waals surface area contributed by atoms with Crippen molar-refractivity contribution >= 4 is 21.8 Å². The van der Waals surface area contributed by atoms with E-state index in [1.165, 1.54) is 0 Å². The number of β-amino-alcohol motifs (C(OH)–C–C–N with tert-alkyl or cyclic N) is 1. The van der Waals surface area contributed by atoms with Gasteiger partial charge in [0.2, 0.25) is 5.91 Å². The van der Waals surface area contributed by atoms with Gasteiger partial charge in [0.15, 0.2) is 0 Å². The standard InChI is InChI=1S/C13H17BrN2O2/c1-15(6-10-4-2-3-5-12(10)14)13(18)9-16-7-11(17)8-16/h2-5,11,17H,6-9H2,1H3. The molecule has 1 fully saturated rings. The Morgan fingerprint density at radius 2 is 2.17 bits per heavy atom. The Labute approximate surface area is 115 Å². The maximum atomic E-state index is 12.0. The van der Waals surface area contributed by atoms with Crippen molar-refractivity contribution in [3.63, 3.8) is 0 Å². The number of aliphatic hydroxyl groups is 1. The summed E-state index contributed by atoms with van der Waals surface area (Å²) < 4.78 is 1.02. The second kappa shape index (κ2) is 5.82. The van der Waals surface area contributed by atoms with Crippen LogP contribution in [0.1, 0.15) is 5.56 Å². The highest BCUT2D eigenvalue weighted by atomic mass is 79.9. The van der Waals surface area contributed by atoms with E-state index in [9.17, 15) is 4.79 Å². The van der Waals surface area contributed by atoms with E-state index in [1.54, 1.807) is 11.9 Å². The number of carbonyl (C=O) groups is 1. The number of likely N-dealkylation sites (tertiary alicyclic amines) is 1. The van der Waals surface area contributed by atoms with Crippen LogP contribution in [0.3, 0.4) is 0 Å². The molecule has 18 heavy (non-hydrogen) atoms. The van der Waals surface area contributed by atoms with Crippen LogP contribution in [0, 0.1) is 0 Å². The maximum absolute atomic E-state index is 12.0. The lowest BCUT2D eigenvalue weighted by molar-refractivity contribution is -0.134. The van der Waals surface area contributed by atoms with Gasteiger partial charge in [0.25, 0.3) is 0 Å². The first-order valence-corrected chi connectivity index (χ1v) is 6.73. The Kier molecular flexibility index (Phi) is 4.37. The number of carbonyl (C=O) groups excluding carboxylic acids is 1. The van der Waals surface area contributed by atoms with Gasteiger partial charge < -0.3 is 10.0 Å². The zero-order valence-electron chi connectivity index (χ0n) is 10.3. The second-order valence-corrected chi connectivity index (χ2v) is 5.54. The van der Waals surface area contributed by atoms with E-state index >= 15 is 0 Å². The van der Waals surface area contributed by atoms with Crippen molar-refractivity contribution in [1.29, 1.82) is 0 Å². The molecule has 98 valence electrons. The summed E-state index contributed by atoms with van der Waals surface area (Å²) in [6.07, 6.45) is -0.258. The van der Waals surface area contributed by atoms with Gasteiger partial charge in [-0.25, -0.2) is 0 Å². The van der Waals surface area contributed by atoms with Gasteiger partial charge in [0, 0.05) is 31.2 Å². The quantitative estimate of drug-likeness (QED) is 0.905. The van der Waals surface area contributed by atoms with Gasteiger partial charge in [0.1, 0.15) is 0 Å². The lowest BCUT2D eigenvalue weighted by atomic mass is 10.1. The van der Waals surface area contributed by atoms with Crippen LogP contribution in [0.2, 0.25) is 0 Å². The van der Waals surface area contributed by atoms with Gasteiger partial charge in [-0.05, 0) is 11.6 Å². The van der Waals surface area contributed by atoms with Gasteiger partial charge in [-0.1, -0.05) is 34.1 Å².